The molecular weight excluding hydrogens is 293 g/mol. The zero-order chi connectivity index (χ0) is 14.7. The van der Waals surface area contributed by atoms with Gasteiger partial charge >= 0.3 is 0 Å². The Balaban J connectivity index is 2.21. The summed E-state index contributed by atoms with van der Waals surface area (Å²) in [4.78, 5) is 0. The number of hydrogen-bond acceptors (Lipinski definition) is 2. The van der Waals surface area contributed by atoms with E-state index in [0.29, 0.717) is 22.2 Å². The molecule has 0 heterocycles. The fraction of sp³-hybridized carbons (Fsp3) is 0.188. The molecular formula is C16H13Cl2NO. The Morgan fingerprint density at radius 1 is 1.10 bits per heavy atom. The molecule has 0 aliphatic rings. The first-order valence-electron chi connectivity index (χ1n) is 6.09. The summed E-state index contributed by atoms with van der Waals surface area (Å²) in [7, 11) is 0. The number of hydrogen-bond donors (Lipinski definition) is 0. The fourth-order valence-electron chi connectivity index (χ4n) is 2.03. The lowest BCUT2D eigenvalue weighted by atomic mass is 10.1. The van der Waals surface area contributed by atoms with Gasteiger partial charge in [0, 0.05) is 15.6 Å². The third kappa shape index (κ3) is 3.25. The first-order valence-corrected chi connectivity index (χ1v) is 6.85. The summed E-state index contributed by atoms with van der Waals surface area (Å²) >= 11 is 12.0. The molecule has 0 atom stereocenters. The molecule has 2 rings (SSSR count). The van der Waals surface area contributed by atoms with E-state index in [4.69, 9.17) is 33.2 Å². The quantitative estimate of drug-likeness (QED) is 0.794. The van der Waals surface area contributed by atoms with Crippen LogP contribution in [0.15, 0.2) is 30.3 Å². The molecule has 0 saturated carbocycles. The van der Waals surface area contributed by atoms with Crippen molar-refractivity contribution in [3.63, 3.8) is 0 Å². The summed E-state index contributed by atoms with van der Waals surface area (Å²) < 4.78 is 5.84. The monoisotopic (exact) mass is 305 g/mol. The Hall–Kier alpha value is -1.69. The van der Waals surface area contributed by atoms with Crippen molar-refractivity contribution in [3.8, 4) is 11.8 Å². The van der Waals surface area contributed by atoms with E-state index in [-0.39, 0.29) is 0 Å². The molecule has 0 amide bonds. The van der Waals surface area contributed by atoms with Crippen molar-refractivity contribution in [1.82, 2.24) is 0 Å². The normalized spacial score (nSPS) is 10.2. The summed E-state index contributed by atoms with van der Waals surface area (Å²) in [5.74, 6) is 0.787. The lowest BCUT2D eigenvalue weighted by Crippen LogP contribution is -2.00. The third-order valence-electron chi connectivity index (χ3n) is 2.98. The van der Waals surface area contributed by atoms with E-state index in [1.165, 1.54) is 0 Å². The van der Waals surface area contributed by atoms with Crippen molar-refractivity contribution in [2.24, 2.45) is 0 Å². The second kappa shape index (κ2) is 6.17. The van der Waals surface area contributed by atoms with Gasteiger partial charge in [-0.25, -0.2) is 0 Å². The van der Waals surface area contributed by atoms with Gasteiger partial charge in [0.1, 0.15) is 12.4 Å². The summed E-state index contributed by atoms with van der Waals surface area (Å²) in [6.45, 7) is 4.21. The summed E-state index contributed by atoms with van der Waals surface area (Å²) in [5, 5.41) is 10.1. The SMILES string of the molecule is Cc1cc(C#N)cc(C)c1OCc1ccc(Cl)cc1Cl. The minimum absolute atomic E-state index is 0.365. The summed E-state index contributed by atoms with van der Waals surface area (Å²) in [6.07, 6.45) is 0. The molecule has 0 radical (unpaired) electrons. The Labute approximate surface area is 128 Å². The molecule has 0 fully saturated rings. The Morgan fingerprint density at radius 2 is 1.75 bits per heavy atom. The van der Waals surface area contributed by atoms with Crippen molar-refractivity contribution in [3.05, 3.63) is 62.6 Å². The van der Waals surface area contributed by atoms with Gasteiger partial charge in [-0.2, -0.15) is 5.26 Å². The molecule has 2 nitrogen and oxygen atoms in total. The van der Waals surface area contributed by atoms with Gasteiger partial charge in [-0.05, 0) is 49.2 Å². The number of halogens is 2. The molecule has 0 saturated heterocycles. The minimum atomic E-state index is 0.365. The number of aryl methyl sites for hydroxylation is 2. The smallest absolute Gasteiger partial charge is 0.125 e. The predicted octanol–water partition coefficient (Wildman–Crippen LogP) is 5.06. The highest BCUT2D eigenvalue weighted by Gasteiger charge is 2.08. The van der Waals surface area contributed by atoms with Crippen molar-refractivity contribution < 1.29 is 4.74 Å². The van der Waals surface area contributed by atoms with E-state index in [0.717, 1.165) is 22.4 Å². The van der Waals surface area contributed by atoms with Gasteiger partial charge in [0.25, 0.3) is 0 Å². The predicted molar refractivity (Wildman–Crippen MR) is 81.4 cm³/mol. The zero-order valence-corrected chi connectivity index (χ0v) is 12.7. The average molecular weight is 306 g/mol. The van der Waals surface area contributed by atoms with Crippen LogP contribution in [0, 0.1) is 25.2 Å². The molecule has 20 heavy (non-hydrogen) atoms. The zero-order valence-electron chi connectivity index (χ0n) is 11.2. The first kappa shape index (κ1) is 14.7. The number of nitriles is 1. The second-order valence-electron chi connectivity index (χ2n) is 4.58. The summed E-state index contributed by atoms with van der Waals surface area (Å²) in [5.41, 5.74) is 3.38. The van der Waals surface area contributed by atoms with Crippen LogP contribution in [0.4, 0.5) is 0 Å². The van der Waals surface area contributed by atoms with E-state index in [2.05, 4.69) is 6.07 Å². The van der Waals surface area contributed by atoms with Crippen LogP contribution < -0.4 is 4.74 Å². The summed E-state index contributed by atoms with van der Waals surface area (Å²) in [6, 6.07) is 11.1. The Morgan fingerprint density at radius 3 is 2.30 bits per heavy atom. The molecule has 102 valence electrons. The minimum Gasteiger partial charge on any atom is -0.488 e. The van der Waals surface area contributed by atoms with E-state index in [1.54, 1.807) is 12.1 Å². The van der Waals surface area contributed by atoms with Gasteiger partial charge in [0.2, 0.25) is 0 Å². The van der Waals surface area contributed by atoms with Gasteiger partial charge in [-0.15, -0.1) is 0 Å². The van der Waals surface area contributed by atoms with Gasteiger partial charge in [0.05, 0.1) is 11.6 Å². The average Bonchev–Trinajstić information content (AvgIpc) is 2.39. The van der Waals surface area contributed by atoms with Crippen LogP contribution in [0.2, 0.25) is 10.0 Å². The maximum Gasteiger partial charge on any atom is 0.125 e. The van der Waals surface area contributed by atoms with Crippen LogP contribution in [0.5, 0.6) is 5.75 Å². The van der Waals surface area contributed by atoms with E-state index in [1.807, 2.05) is 32.0 Å². The molecule has 0 aliphatic carbocycles. The Kier molecular flexibility index (Phi) is 4.54. The van der Waals surface area contributed by atoms with Gasteiger partial charge in [-0.3, -0.25) is 0 Å². The third-order valence-corrected chi connectivity index (χ3v) is 3.56. The van der Waals surface area contributed by atoms with Crippen molar-refractivity contribution in [2.45, 2.75) is 20.5 Å². The molecule has 0 aromatic heterocycles. The molecule has 0 spiro atoms. The highest BCUT2D eigenvalue weighted by Crippen LogP contribution is 2.27. The maximum atomic E-state index is 8.93. The molecule has 0 unspecified atom stereocenters. The maximum absolute atomic E-state index is 8.93. The van der Waals surface area contributed by atoms with Gasteiger partial charge in [0.15, 0.2) is 0 Å². The van der Waals surface area contributed by atoms with Crippen LogP contribution in [0.3, 0.4) is 0 Å². The van der Waals surface area contributed by atoms with Crippen LogP contribution in [-0.2, 0) is 6.61 Å². The largest absolute Gasteiger partial charge is 0.488 e. The highest BCUT2D eigenvalue weighted by molar-refractivity contribution is 6.35. The lowest BCUT2D eigenvalue weighted by molar-refractivity contribution is 0.302. The van der Waals surface area contributed by atoms with Crippen molar-refractivity contribution in [2.75, 3.05) is 0 Å². The molecule has 2 aromatic carbocycles. The molecule has 0 bridgehead atoms. The van der Waals surface area contributed by atoms with Crippen molar-refractivity contribution >= 4 is 23.2 Å². The Bertz CT molecular complexity index is 666. The van der Waals surface area contributed by atoms with Crippen molar-refractivity contribution in [1.29, 1.82) is 5.26 Å². The topological polar surface area (TPSA) is 33.0 Å². The van der Waals surface area contributed by atoms with Crippen LogP contribution in [-0.4, -0.2) is 0 Å². The lowest BCUT2D eigenvalue weighted by Gasteiger charge is -2.13. The number of rotatable bonds is 3. The van der Waals surface area contributed by atoms with E-state index < -0.39 is 0 Å². The first-order chi connectivity index (χ1) is 9.51. The molecule has 0 aliphatic heterocycles. The van der Waals surface area contributed by atoms with E-state index in [9.17, 15) is 0 Å². The highest BCUT2D eigenvalue weighted by atomic mass is 35.5. The van der Waals surface area contributed by atoms with Crippen LogP contribution in [0.25, 0.3) is 0 Å². The number of benzene rings is 2. The standard InChI is InChI=1S/C16H13Cl2NO/c1-10-5-12(8-19)6-11(2)16(10)20-9-13-3-4-14(17)7-15(13)18/h3-7H,9H2,1-2H3. The number of ether oxygens (including phenoxy) is 1. The molecule has 2 aromatic rings. The molecule has 4 heteroatoms. The van der Waals surface area contributed by atoms with Gasteiger partial charge < -0.3 is 4.74 Å². The fourth-order valence-corrected chi connectivity index (χ4v) is 2.49. The number of nitrogens with zero attached hydrogens (tertiary/aromatic N) is 1. The van der Waals surface area contributed by atoms with Crippen LogP contribution in [0.1, 0.15) is 22.3 Å². The molecule has 0 N–H and O–H groups in total. The van der Waals surface area contributed by atoms with Gasteiger partial charge in [-0.1, -0.05) is 29.3 Å². The second-order valence-corrected chi connectivity index (χ2v) is 5.42. The van der Waals surface area contributed by atoms with E-state index >= 15 is 0 Å². The van der Waals surface area contributed by atoms with Crippen LogP contribution >= 0.6 is 23.2 Å².